The van der Waals surface area contributed by atoms with Crippen LogP contribution in [0.25, 0.3) is 0 Å². The highest BCUT2D eigenvalue weighted by Gasteiger charge is 2.19. The van der Waals surface area contributed by atoms with Gasteiger partial charge < -0.3 is 18.6 Å². The van der Waals surface area contributed by atoms with Gasteiger partial charge in [0, 0.05) is 42.8 Å². The summed E-state index contributed by atoms with van der Waals surface area (Å²) in [6.07, 6.45) is 0.914. The second kappa shape index (κ2) is 8.80. The lowest BCUT2D eigenvalue weighted by atomic mass is 10.1. The fourth-order valence-corrected chi connectivity index (χ4v) is 2.97. The van der Waals surface area contributed by atoms with Gasteiger partial charge in [-0.15, -0.1) is 0 Å². The zero-order valence-corrected chi connectivity index (χ0v) is 16.0. The minimum Gasteiger partial charge on any atom is -0.457 e. The summed E-state index contributed by atoms with van der Waals surface area (Å²) >= 11 is 0. The Morgan fingerprint density at radius 2 is 1.96 bits per heavy atom. The number of ketones is 1. The van der Waals surface area contributed by atoms with Crippen LogP contribution < -0.4 is 0 Å². The molecule has 2 aromatic heterocycles. The van der Waals surface area contributed by atoms with Crippen molar-refractivity contribution in [3.05, 3.63) is 40.0 Å². The fraction of sp³-hybridized carbons (Fsp3) is 0.526. The van der Waals surface area contributed by atoms with E-state index in [0.717, 1.165) is 24.4 Å². The molecule has 26 heavy (non-hydrogen) atoms. The number of rotatable bonds is 9. The van der Waals surface area contributed by atoms with Gasteiger partial charge in [0.2, 0.25) is 5.78 Å². The molecule has 2 heterocycles. The molecule has 0 atom stereocenters. The average molecular weight is 362 g/mol. The first-order valence-electron chi connectivity index (χ1n) is 8.61. The number of hydrogen-bond acceptors (Lipinski definition) is 6. The van der Waals surface area contributed by atoms with Crippen LogP contribution in [0.5, 0.6) is 0 Å². The van der Waals surface area contributed by atoms with Gasteiger partial charge in [-0.1, -0.05) is 5.16 Å². The smallest absolute Gasteiger partial charge is 0.310 e. The van der Waals surface area contributed by atoms with E-state index in [4.69, 9.17) is 14.0 Å². The highest BCUT2D eigenvalue weighted by molar-refractivity contribution is 5.99. The number of methoxy groups -OCH3 is 1. The number of aromatic nitrogens is 2. The second-order valence-electron chi connectivity index (χ2n) is 6.35. The Balaban J connectivity index is 1.95. The maximum atomic E-state index is 12.5. The van der Waals surface area contributed by atoms with Crippen LogP contribution in [0.2, 0.25) is 0 Å². The van der Waals surface area contributed by atoms with Gasteiger partial charge in [-0.3, -0.25) is 9.59 Å². The van der Waals surface area contributed by atoms with Crippen LogP contribution in [-0.4, -0.2) is 41.8 Å². The van der Waals surface area contributed by atoms with Crippen molar-refractivity contribution in [2.24, 2.45) is 0 Å². The van der Waals surface area contributed by atoms with Crippen LogP contribution in [0.15, 0.2) is 10.6 Å². The Bertz CT molecular complexity index is 769. The maximum Gasteiger partial charge on any atom is 0.310 e. The zero-order chi connectivity index (χ0) is 19.3. The number of ether oxygens (including phenoxy) is 2. The van der Waals surface area contributed by atoms with E-state index in [9.17, 15) is 9.59 Å². The normalized spacial score (nSPS) is 11.0. The third-order valence-electron chi connectivity index (χ3n) is 4.47. The summed E-state index contributed by atoms with van der Waals surface area (Å²) in [6.45, 7) is 8.54. The average Bonchev–Trinajstić information content (AvgIpc) is 3.07. The van der Waals surface area contributed by atoms with Crippen LogP contribution in [-0.2, 0) is 27.2 Å². The highest BCUT2D eigenvalue weighted by atomic mass is 16.5. The van der Waals surface area contributed by atoms with E-state index in [1.165, 1.54) is 0 Å². The quantitative estimate of drug-likeness (QED) is 0.387. The SMILES string of the molecule is COCCCn1c(C)cc(C(=O)COC(=O)Cc2c(C)noc2C)c1C. The number of esters is 1. The predicted molar refractivity (Wildman–Crippen MR) is 95.4 cm³/mol. The molecule has 0 aliphatic heterocycles. The Labute approximate surface area is 153 Å². The summed E-state index contributed by atoms with van der Waals surface area (Å²) in [6, 6.07) is 1.84. The van der Waals surface area contributed by atoms with Crippen LogP contribution in [0, 0.1) is 27.7 Å². The largest absolute Gasteiger partial charge is 0.457 e. The van der Waals surface area contributed by atoms with E-state index in [2.05, 4.69) is 9.72 Å². The number of hydrogen-bond donors (Lipinski definition) is 0. The summed E-state index contributed by atoms with van der Waals surface area (Å²) < 4.78 is 17.3. The molecule has 0 unspecified atom stereocenters. The van der Waals surface area contributed by atoms with E-state index >= 15 is 0 Å². The minimum absolute atomic E-state index is 0.0461. The van der Waals surface area contributed by atoms with Gasteiger partial charge in [0.1, 0.15) is 5.76 Å². The molecular formula is C19H26N2O5. The Hall–Kier alpha value is -2.41. The van der Waals surface area contributed by atoms with Crippen molar-refractivity contribution in [3.63, 3.8) is 0 Å². The van der Waals surface area contributed by atoms with Crippen molar-refractivity contribution in [1.29, 1.82) is 0 Å². The van der Waals surface area contributed by atoms with Crippen LogP contribution in [0.4, 0.5) is 0 Å². The molecule has 0 saturated carbocycles. The molecule has 0 bridgehead atoms. The van der Waals surface area contributed by atoms with Crippen LogP contribution in [0.3, 0.4) is 0 Å². The van der Waals surface area contributed by atoms with Gasteiger partial charge >= 0.3 is 5.97 Å². The first kappa shape index (κ1) is 19.9. The molecule has 142 valence electrons. The molecule has 0 radical (unpaired) electrons. The van der Waals surface area contributed by atoms with Gasteiger partial charge in [0.15, 0.2) is 6.61 Å². The molecule has 2 rings (SSSR count). The Morgan fingerprint density at radius 1 is 1.23 bits per heavy atom. The topological polar surface area (TPSA) is 83.6 Å². The molecule has 0 aromatic carbocycles. The van der Waals surface area contributed by atoms with Crippen molar-refractivity contribution >= 4 is 11.8 Å². The molecule has 7 heteroatoms. The summed E-state index contributed by atoms with van der Waals surface area (Å²) in [5, 5.41) is 3.81. The van der Waals surface area contributed by atoms with Gasteiger partial charge in [0.25, 0.3) is 0 Å². The highest BCUT2D eigenvalue weighted by Crippen LogP contribution is 2.17. The van der Waals surface area contributed by atoms with Crippen LogP contribution >= 0.6 is 0 Å². The summed E-state index contributed by atoms with van der Waals surface area (Å²) in [4.78, 5) is 24.5. The number of carbonyl (C=O) groups is 2. The Morgan fingerprint density at radius 3 is 2.58 bits per heavy atom. The lowest BCUT2D eigenvalue weighted by Gasteiger charge is -2.09. The molecular weight excluding hydrogens is 336 g/mol. The summed E-state index contributed by atoms with van der Waals surface area (Å²) in [5.74, 6) is -0.0877. The van der Waals surface area contributed by atoms with Gasteiger partial charge in [0.05, 0.1) is 12.1 Å². The molecule has 0 saturated heterocycles. The van der Waals surface area contributed by atoms with E-state index in [1.54, 1.807) is 21.0 Å². The van der Waals surface area contributed by atoms with Crippen LogP contribution in [0.1, 0.15) is 45.2 Å². The molecule has 0 N–H and O–H groups in total. The van der Waals surface area contributed by atoms with E-state index < -0.39 is 5.97 Å². The molecule has 7 nitrogen and oxygen atoms in total. The summed E-state index contributed by atoms with van der Waals surface area (Å²) in [7, 11) is 1.67. The predicted octanol–water partition coefficient (Wildman–Crippen LogP) is 2.71. The van der Waals surface area contributed by atoms with Gasteiger partial charge in [-0.2, -0.15) is 0 Å². The van der Waals surface area contributed by atoms with Gasteiger partial charge in [-0.05, 0) is 40.2 Å². The monoisotopic (exact) mass is 362 g/mol. The van der Waals surface area contributed by atoms with E-state index in [1.807, 2.05) is 19.9 Å². The lowest BCUT2D eigenvalue weighted by molar-refractivity contribution is -0.141. The third kappa shape index (κ3) is 4.60. The molecule has 0 amide bonds. The molecule has 0 aliphatic carbocycles. The minimum atomic E-state index is -0.471. The number of Topliss-reactive ketones (excluding diaryl/α,β-unsaturated/α-hetero) is 1. The van der Waals surface area contributed by atoms with Crippen molar-refractivity contribution < 1.29 is 23.6 Å². The molecule has 0 aliphatic rings. The first-order chi connectivity index (χ1) is 12.3. The molecule has 0 fully saturated rings. The molecule has 0 spiro atoms. The zero-order valence-electron chi connectivity index (χ0n) is 16.0. The number of nitrogens with zero attached hydrogens (tertiary/aromatic N) is 2. The summed E-state index contributed by atoms with van der Waals surface area (Å²) in [5.41, 5.74) is 3.84. The lowest BCUT2D eigenvalue weighted by Crippen LogP contribution is -2.17. The number of aryl methyl sites for hydroxylation is 3. The van der Waals surface area contributed by atoms with E-state index in [0.29, 0.717) is 29.2 Å². The van der Waals surface area contributed by atoms with Crippen molar-refractivity contribution in [2.75, 3.05) is 20.3 Å². The van der Waals surface area contributed by atoms with Crippen molar-refractivity contribution in [1.82, 2.24) is 9.72 Å². The third-order valence-corrected chi connectivity index (χ3v) is 4.47. The van der Waals surface area contributed by atoms with Crippen molar-refractivity contribution in [2.45, 2.75) is 47.1 Å². The number of carbonyl (C=O) groups excluding carboxylic acids is 2. The standard InChI is InChI=1S/C19H26N2O5/c1-12-9-17(14(3)21(12)7-6-8-24-5)18(22)11-25-19(23)10-16-13(2)20-26-15(16)4/h9H,6-8,10-11H2,1-5H3. The van der Waals surface area contributed by atoms with E-state index in [-0.39, 0.29) is 18.8 Å². The maximum absolute atomic E-state index is 12.5. The van der Waals surface area contributed by atoms with Crippen molar-refractivity contribution in [3.8, 4) is 0 Å². The Kier molecular flexibility index (Phi) is 6.74. The fourth-order valence-electron chi connectivity index (χ4n) is 2.97. The molecule has 2 aromatic rings. The van der Waals surface area contributed by atoms with Gasteiger partial charge in [-0.25, -0.2) is 0 Å². The first-order valence-corrected chi connectivity index (χ1v) is 8.61. The second-order valence-corrected chi connectivity index (χ2v) is 6.35.